The number of rotatable bonds is 20. The van der Waals surface area contributed by atoms with Gasteiger partial charge in [0.1, 0.15) is 17.7 Å². The largest absolute Gasteiger partial charge is 0.455 e. The first-order valence-corrected chi connectivity index (χ1v) is 18.9. The molecular weight excluding hydrogens is 698 g/mol. The minimum absolute atomic E-state index is 0.0603. The van der Waals surface area contributed by atoms with Crippen LogP contribution in [0.5, 0.6) is 0 Å². The second-order valence-electron chi connectivity index (χ2n) is 14.1. The van der Waals surface area contributed by atoms with Gasteiger partial charge in [-0.05, 0) is 56.2 Å². The Hall–Kier alpha value is -4.03. The number of aryl methyl sites for hydroxylation is 1. The van der Waals surface area contributed by atoms with E-state index in [1.54, 1.807) is 28.0 Å². The molecule has 2 N–H and O–H groups in total. The van der Waals surface area contributed by atoms with Crippen LogP contribution >= 0.6 is 11.6 Å². The zero-order valence-corrected chi connectivity index (χ0v) is 31.5. The summed E-state index contributed by atoms with van der Waals surface area (Å²) in [6.07, 6.45) is 6.01. The number of amides is 3. The number of allylic oxidation sites excluding steroid dienone is 1. The highest BCUT2D eigenvalue weighted by Crippen LogP contribution is 2.59. The Morgan fingerprint density at radius 1 is 1.11 bits per heavy atom. The number of aliphatic hydroxyl groups excluding tert-OH is 1. The zero-order valence-electron chi connectivity index (χ0n) is 30.7. The topological polar surface area (TPSA) is 135 Å². The van der Waals surface area contributed by atoms with Gasteiger partial charge in [-0.1, -0.05) is 79.1 Å². The van der Waals surface area contributed by atoms with E-state index in [2.05, 4.69) is 18.5 Å². The van der Waals surface area contributed by atoms with Crippen LogP contribution in [0.4, 0.5) is 5.69 Å². The number of unbranched alkanes of at least 4 members (excludes halogenated alkanes) is 3. The van der Waals surface area contributed by atoms with Crippen molar-refractivity contribution in [3.8, 4) is 0 Å². The van der Waals surface area contributed by atoms with Gasteiger partial charge >= 0.3 is 5.97 Å². The molecule has 11 nitrogen and oxygen atoms in total. The molecular formula is C41H52ClN3O8. The molecule has 3 aliphatic rings. The summed E-state index contributed by atoms with van der Waals surface area (Å²) >= 11 is 6.70. The fourth-order valence-corrected chi connectivity index (χ4v) is 8.67. The molecule has 0 unspecified atom stereocenters. The average Bonchev–Trinajstić information content (AvgIpc) is 3.79. The first kappa shape index (κ1) is 40.2. The van der Waals surface area contributed by atoms with Gasteiger partial charge in [0, 0.05) is 33.2 Å². The van der Waals surface area contributed by atoms with E-state index in [0.29, 0.717) is 48.4 Å². The van der Waals surface area contributed by atoms with Gasteiger partial charge in [0.05, 0.1) is 41.3 Å². The summed E-state index contributed by atoms with van der Waals surface area (Å²) in [7, 11) is 1.51. The third kappa shape index (κ3) is 8.38. The number of halogens is 1. The molecule has 3 fully saturated rings. The van der Waals surface area contributed by atoms with Gasteiger partial charge in [0.25, 0.3) is 5.91 Å². The van der Waals surface area contributed by atoms with Crippen molar-refractivity contribution in [1.82, 2.24) is 10.2 Å². The van der Waals surface area contributed by atoms with Crippen LogP contribution in [0, 0.1) is 18.8 Å². The summed E-state index contributed by atoms with van der Waals surface area (Å²) in [5.41, 5.74) is 0.697. The monoisotopic (exact) mass is 749 g/mol. The highest BCUT2D eigenvalue weighted by atomic mass is 35.5. The van der Waals surface area contributed by atoms with Gasteiger partial charge in [0.2, 0.25) is 11.8 Å². The lowest BCUT2D eigenvalue weighted by Gasteiger charge is -2.37. The molecule has 5 rings (SSSR count). The molecule has 3 heterocycles. The Labute approximate surface area is 317 Å². The second kappa shape index (κ2) is 18.3. The van der Waals surface area contributed by atoms with E-state index in [9.17, 15) is 24.3 Å². The van der Waals surface area contributed by atoms with E-state index in [1.807, 2.05) is 49.4 Å². The Bertz CT molecular complexity index is 1620. The molecule has 12 heteroatoms. The average molecular weight is 750 g/mol. The van der Waals surface area contributed by atoms with E-state index >= 15 is 0 Å². The first-order valence-electron chi connectivity index (χ1n) is 18.5. The van der Waals surface area contributed by atoms with Gasteiger partial charge in [-0.2, -0.15) is 0 Å². The number of aliphatic hydroxyl groups is 1. The van der Waals surface area contributed by atoms with Gasteiger partial charge in [-0.25, -0.2) is 0 Å². The van der Waals surface area contributed by atoms with Crippen LogP contribution in [0.1, 0.15) is 68.6 Å². The van der Waals surface area contributed by atoms with Gasteiger partial charge in [-0.3, -0.25) is 19.2 Å². The van der Waals surface area contributed by atoms with Crippen molar-refractivity contribution in [2.24, 2.45) is 11.8 Å². The molecule has 3 amide bonds. The zero-order chi connectivity index (χ0) is 38.1. The number of carbonyl (C=O) groups excluding carboxylic acids is 4. The summed E-state index contributed by atoms with van der Waals surface area (Å²) in [6, 6.07) is 12.8. The number of ether oxygens (including phenoxy) is 3. The highest BCUT2D eigenvalue weighted by molar-refractivity contribution is 6.34. The number of carbonyl (C=O) groups is 4. The molecule has 3 saturated heterocycles. The lowest BCUT2D eigenvalue weighted by Crippen LogP contribution is -2.56. The maximum atomic E-state index is 15.0. The number of hydrogen-bond acceptors (Lipinski definition) is 8. The molecule has 2 aromatic carbocycles. The number of fused-ring (bicyclic) bond motifs is 1. The SMILES string of the molecule is C=CCCC(=O)N[C@@H](COC)[C@@H](OC(=O)[C@@H]1[C@@H]2CC[C@]3(O2)[C@H](C(=O)N(CC=C)c2c(C)cccc2Cl)N(CCCCCCO)C(=O)[C@@H]13)c1ccccc1. The number of nitrogens with one attached hydrogen (secondary N) is 1. The van der Waals surface area contributed by atoms with Crippen LogP contribution in [-0.4, -0.2) is 90.9 Å². The van der Waals surface area contributed by atoms with Crippen molar-refractivity contribution in [3.63, 3.8) is 0 Å². The van der Waals surface area contributed by atoms with E-state index in [4.69, 9.17) is 25.8 Å². The van der Waals surface area contributed by atoms with E-state index in [1.165, 1.54) is 7.11 Å². The molecule has 0 saturated carbocycles. The predicted octanol–water partition coefficient (Wildman–Crippen LogP) is 5.48. The summed E-state index contributed by atoms with van der Waals surface area (Å²) in [5.74, 6) is -3.50. The van der Waals surface area contributed by atoms with Crippen LogP contribution in [0.3, 0.4) is 0 Å². The van der Waals surface area contributed by atoms with Crippen molar-refractivity contribution in [3.05, 3.63) is 90.0 Å². The maximum absolute atomic E-state index is 15.0. The number of esters is 1. The Morgan fingerprint density at radius 2 is 1.87 bits per heavy atom. The fourth-order valence-electron chi connectivity index (χ4n) is 8.35. The van der Waals surface area contributed by atoms with Crippen molar-refractivity contribution in [2.45, 2.75) is 88.2 Å². The molecule has 7 atom stereocenters. The first-order chi connectivity index (χ1) is 25.6. The lowest BCUT2D eigenvalue weighted by atomic mass is 9.70. The van der Waals surface area contributed by atoms with Gasteiger partial charge in [0.15, 0.2) is 0 Å². The molecule has 0 aromatic heterocycles. The maximum Gasteiger partial charge on any atom is 0.313 e. The van der Waals surface area contributed by atoms with E-state index in [0.717, 1.165) is 18.4 Å². The molecule has 2 aromatic rings. The van der Waals surface area contributed by atoms with Crippen LogP contribution in [-0.2, 0) is 33.4 Å². The third-order valence-corrected chi connectivity index (χ3v) is 11.0. The number of hydrogen-bond donors (Lipinski definition) is 2. The Morgan fingerprint density at radius 3 is 2.55 bits per heavy atom. The van der Waals surface area contributed by atoms with Crippen molar-refractivity contribution in [2.75, 3.05) is 38.3 Å². The number of para-hydroxylation sites is 1. The second-order valence-corrected chi connectivity index (χ2v) is 14.5. The summed E-state index contributed by atoms with van der Waals surface area (Å²) < 4.78 is 18.5. The fraction of sp³-hybridized carbons (Fsp3) is 0.512. The number of nitrogens with zero attached hydrogens (tertiary/aromatic N) is 2. The lowest BCUT2D eigenvalue weighted by molar-refractivity contribution is -0.163. The quantitative estimate of drug-likeness (QED) is 0.103. The smallest absolute Gasteiger partial charge is 0.313 e. The molecule has 1 spiro atoms. The summed E-state index contributed by atoms with van der Waals surface area (Å²) in [4.78, 5) is 60.3. The van der Waals surface area contributed by atoms with Crippen LogP contribution in [0.15, 0.2) is 73.8 Å². The van der Waals surface area contributed by atoms with Crippen LogP contribution < -0.4 is 10.2 Å². The molecule has 286 valence electrons. The minimum atomic E-state index is -1.27. The van der Waals surface area contributed by atoms with Crippen LogP contribution in [0.25, 0.3) is 0 Å². The van der Waals surface area contributed by atoms with E-state index < -0.39 is 47.7 Å². The normalized spacial score (nSPS) is 24.0. The van der Waals surface area contributed by atoms with E-state index in [-0.39, 0.29) is 50.4 Å². The highest BCUT2D eigenvalue weighted by Gasteiger charge is 2.75. The number of methoxy groups -OCH3 is 1. The molecule has 2 bridgehead atoms. The van der Waals surface area contributed by atoms with Crippen molar-refractivity contribution in [1.29, 1.82) is 0 Å². The predicted molar refractivity (Wildman–Crippen MR) is 202 cm³/mol. The Kier molecular flexibility index (Phi) is 13.9. The number of benzene rings is 2. The Balaban J connectivity index is 1.50. The molecule has 0 radical (unpaired) electrons. The molecule has 3 aliphatic heterocycles. The standard InChI is InChI=1S/C41H52ClN3O8/c1-5-7-20-32(47)43-30(26-51-4)36(28-17-11-10-12-18-28)52-40(50)33-31-21-22-41(53-31)34(33)38(48)45(24-13-8-9-14-25-46)37(41)39(49)44(23-6-2)35-27(3)16-15-19-29(35)42/h5-6,10-12,15-19,30-31,33-34,36-37,46H,1-2,7-9,13-14,20-26H2,3-4H3,(H,43,47)/t30-,31-,33+,34+,36-,37-,41+/m0/s1. The number of likely N-dealkylation sites (tertiary alicyclic amines) is 1. The van der Waals surface area contributed by atoms with Crippen molar-refractivity contribution >= 4 is 41.0 Å². The molecule has 0 aliphatic carbocycles. The van der Waals surface area contributed by atoms with Crippen LogP contribution in [0.2, 0.25) is 5.02 Å². The minimum Gasteiger partial charge on any atom is -0.455 e. The molecule has 53 heavy (non-hydrogen) atoms. The third-order valence-electron chi connectivity index (χ3n) is 10.7. The van der Waals surface area contributed by atoms with Gasteiger partial charge in [-0.15, -0.1) is 13.2 Å². The number of anilines is 1. The summed E-state index contributed by atoms with van der Waals surface area (Å²) in [5, 5.41) is 12.7. The van der Waals surface area contributed by atoms with Gasteiger partial charge < -0.3 is 34.4 Å². The van der Waals surface area contributed by atoms with Crippen molar-refractivity contribution < 1.29 is 38.5 Å². The summed E-state index contributed by atoms with van der Waals surface area (Å²) in [6.45, 7) is 10.0.